The maximum Gasteiger partial charge on any atom is 0.312 e. The van der Waals surface area contributed by atoms with E-state index in [4.69, 9.17) is 5.73 Å². The molecule has 98 valence electrons. The van der Waals surface area contributed by atoms with Crippen molar-refractivity contribution in [1.29, 1.82) is 0 Å². The van der Waals surface area contributed by atoms with Crippen molar-refractivity contribution >= 4 is 17.3 Å². The summed E-state index contributed by atoms with van der Waals surface area (Å²) in [4.78, 5) is 16.6. The smallest absolute Gasteiger partial charge is 0.312 e. The van der Waals surface area contributed by atoms with Gasteiger partial charge >= 0.3 is 5.69 Å². The Kier molecular flexibility index (Phi) is 3.58. The first kappa shape index (κ1) is 12.5. The molecule has 0 aromatic carbocycles. The molecule has 3 N–H and O–H groups in total. The number of nitro groups is 1. The van der Waals surface area contributed by atoms with E-state index < -0.39 is 4.92 Å². The molecule has 1 fully saturated rings. The van der Waals surface area contributed by atoms with Crippen molar-refractivity contribution in [3.8, 4) is 0 Å². The van der Waals surface area contributed by atoms with Gasteiger partial charge in [0, 0.05) is 32.2 Å². The number of aromatic nitrogens is 1. The van der Waals surface area contributed by atoms with Crippen LogP contribution < -0.4 is 11.2 Å². The van der Waals surface area contributed by atoms with Gasteiger partial charge in [0.05, 0.1) is 4.92 Å². The molecule has 0 amide bonds. The van der Waals surface area contributed by atoms with Crippen LogP contribution >= 0.6 is 0 Å². The minimum absolute atomic E-state index is 0.0665. The number of nitrogens with zero attached hydrogens (tertiary/aromatic N) is 4. The van der Waals surface area contributed by atoms with Crippen molar-refractivity contribution in [3.63, 3.8) is 0 Å². The Hall–Kier alpha value is -1.93. The molecule has 1 aliphatic rings. The number of hydrazine groups is 1. The zero-order valence-electron chi connectivity index (χ0n) is 10.2. The Bertz CT molecular complexity index is 444. The van der Waals surface area contributed by atoms with Crippen LogP contribution in [0.15, 0.2) is 12.1 Å². The third kappa shape index (κ3) is 2.84. The van der Waals surface area contributed by atoms with Crippen LogP contribution in [0.1, 0.15) is 0 Å². The van der Waals surface area contributed by atoms with E-state index in [2.05, 4.69) is 15.3 Å². The second-order valence-corrected chi connectivity index (χ2v) is 4.26. The van der Waals surface area contributed by atoms with Crippen molar-refractivity contribution in [3.05, 3.63) is 22.2 Å². The fourth-order valence-corrected chi connectivity index (χ4v) is 1.76. The molecule has 0 atom stereocenters. The van der Waals surface area contributed by atoms with Gasteiger partial charge in [-0.3, -0.25) is 15.5 Å². The Balaban J connectivity index is 2.12. The second-order valence-electron chi connectivity index (χ2n) is 4.26. The third-order valence-corrected chi connectivity index (χ3v) is 2.86. The second kappa shape index (κ2) is 5.15. The normalized spacial score (nSPS) is 17.6. The monoisotopic (exact) mass is 252 g/mol. The molecule has 0 spiro atoms. The number of hydrogen-bond acceptors (Lipinski definition) is 7. The first-order valence-corrected chi connectivity index (χ1v) is 5.67. The maximum atomic E-state index is 10.9. The average Bonchev–Trinajstić information content (AvgIpc) is 2.32. The van der Waals surface area contributed by atoms with Gasteiger partial charge in [0.1, 0.15) is 5.82 Å². The van der Waals surface area contributed by atoms with E-state index in [1.807, 2.05) is 12.1 Å². The van der Waals surface area contributed by atoms with Crippen LogP contribution in [-0.4, -0.2) is 53.0 Å². The summed E-state index contributed by atoms with van der Waals surface area (Å²) in [6.45, 7) is 3.38. The van der Waals surface area contributed by atoms with Crippen molar-refractivity contribution in [2.75, 3.05) is 44.4 Å². The summed E-state index contributed by atoms with van der Waals surface area (Å²) in [5.74, 6) is 0.460. The zero-order chi connectivity index (χ0) is 13.1. The van der Waals surface area contributed by atoms with Gasteiger partial charge in [-0.2, -0.15) is 0 Å². The molecular weight excluding hydrogens is 236 g/mol. The standard InChI is InChI=1S/C10H16N6O2/c1-14-4-6-15(7-5-14)13-10-8(16(17)18)2-3-9(11)12-10/h2-3H,4-7H2,1H3,(H3,11,12,13). The van der Waals surface area contributed by atoms with E-state index in [1.165, 1.54) is 12.1 Å². The first-order chi connectivity index (χ1) is 8.56. The highest BCUT2D eigenvalue weighted by Crippen LogP contribution is 2.23. The zero-order valence-corrected chi connectivity index (χ0v) is 10.2. The summed E-state index contributed by atoms with van der Waals surface area (Å²) in [7, 11) is 2.04. The number of hydrogen-bond donors (Lipinski definition) is 2. The predicted octanol–water partition coefficient (Wildman–Crippen LogP) is 0.146. The van der Waals surface area contributed by atoms with E-state index in [1.54, 1.807) is 0 Å². The Morgan fingerprint density at radius 1 is 1.39 bits per heavy atom. The molecule has 8 nitrogen and oxygen atoms in total. The maximum absolute atomic E-state index is 10.9. The predicted molar refractivity (Wildman–Crippen MR) is 68.0 cm³/mol. The van der Waals surface area contributed by atoms with Crippen LogP contribution in [-0.2, 0) is 0 Å². The van der Waals surface area contributed by atoms with E-state index in [-0.39, 0.29) is 17.3 Å². The SMILES string of the molecule is CN1CCN(Nc2nc(N)ccc2[N+](=O)[O-])CC1. The molecule has 0 aliphatic carbocycles. The molecule has 1 aromatic heterocycles. The lowest BCUT2D eigenvalue weighted by atomic mass is 10.3. The molecule has 0 saturated carbocycles. The number of rotatable bonds is 3. The van der Waals surface area contributed by atoms with E-state index in [0.717, 1.165) is 26.2 Å². The van der Waals surface area contributed by atoms with Crippen LogP contribution in [0.3, 0.4) is 0 Å². The molecule has 18 heavy (non-hydrogen) atoms. The summed E-state index contributed by atoms with van der Waals surface area (Å²) in [6.07, 6.45) is 0. The number of piperazine rings is 1. The minimum Gasteiger partial charge on any atom is -0.384 e. The molecule has 0 radical (unpaired) electrons. The van der Waals surface area contributed by atoms with Gasteiger partial charge in [-0.15, -0.1) is 0 Å². The molecule has 8 heteroatoms. The van der Waals surface area contributed by atoms with Gasteiger partial charge in [-0.25, -0.2) is 9.99 Å². The van der Waals surface area contributed by atoms with Gasteiger partial charge in [-0.05, 0) is 13.1 Å². The van der Waals surface area contributed by atoms with Crippen molar-refractivity contribution in [2.24, 2.45) is 0 Å². The lowest BCUT2D eigenvalue weighted by Gasteiger charge is -2.32. The molecule has 2 heterocycles. The number of anilines is 2. The Morgan fingerprint density at radius 3 is 2.67 bits per heavy atom. The quantitative estimate of drug-likeness (QED) is 0.583. The van der Waals surface area contributed by atoms with Crippen molar-refractivity contribution < 1.29 is 4.92 Å². The molecule has 0 bridgehead atoms. The fraction of sp³-hybridized carbons (Fsp3) is 0.500. The highest BCUT2D eigenvalue weighted by Gasteiger charge is 2.20. The van der Waals surface area contributed by atoms with Crippen molar-refractivity contribution in [1.82, 2.24) is 14.9 Å². The molecule has 1 aromatic rings. The fourth-order valence-electron chi connectivity index (χ4n) is 1.76. The largest absolute Gasteiger partial charge is 0.384 e. The summed E-state index contributed by atoms with van der Waals surface area (Å²) in [5, 5.41) is 12.8. The van der Waals surface area contributed by atoms with Crippen LogP contribution in [0, 0.1) is 10.1 Å². The Morgan fingerprint density at radius 2 is 2.06 bits per heavy atom. The highest BCUT2D eigenvalue weighted by atomic mass is 16.6. The summed E-state index contributed by atoms with van der Waals surface area (Å²) < 4.78 is 0. The molecule has 2 rings (SSSR count). The average molecular weight is 252 g/mol. The molecule has 0 unspecified atom stereocenters. The number of likely N-dealkylation sites (N-methyl/N-ethyl adjacent to an activating group) is 1. The van der Waals surface area contributed by atoms with Gasteiger partial charge in [-0.1, -0.05) is 0 Å². The van der Waals surface area contributed by atoms with Crippen molar-refractivity contribution in [2.45, 2.75) is 0 Å². The summed E-state index contributed by atoms with van der Waals surface area (Å²) in [5.41, 5.74) is 8.45. The van der Waals surface area contributed by atoms with Gasteiger partial charge in [0.25, 0.3) is 0 Å². The van der Waals surface area contributed by atoms with Crippen LogP contribution in [0.25, 0.3) is 0 Å². The molecular formula is C10H16N6O2. The number of nitrogen functional groups attached to an aromatic ring is 1. The molecule has 1 aliphatic heterocycles. The molecule has 1 saturated heterocycles. The van der Waals surface area contributed by atoms with E-state index in [0.29, 0.717) is 0 Å². The van der Waals surface area contributed by atoms with Gasteiger partial charge < -0.3 is 10.6 Å². The topological polar surface area (TPSA) is 101 Å². The summed E-state index contributed by atoms with van der Waals surface area (Å²) >= 11 is 0. The van der Waals surface area contributed by atoms with Crippen LogP contribution in [0.4, 0.5) is 17.3 Å². The van der Waals surface area contributed by atoms with E-state index in [9.17, 15) is 10.1 Å². The highest BCUT2D eigenvalue weighted by molar-refractivity contribution is 5.58. The number of pyridine rings is 1. The van der Waals surface area contributed by atoms with Gasteiger partial charge in [0.15, 0.2) is 0 Å². The van der Waals surface area contributed by atoms with E-state index >= 15 is 0 Å². The lowest BCUT2D eigenvalue weighted by Crippen LogP contribution is -2.47. The third-order valence-electron chi connectivity index (χ3n) is 2.86. The van der Waals surface area contributed by atoms with Crippen LogP contribution in [0.5, 0.6) is 0 Å². The number of nitrogens with one attached hydrogen (secondary N) is 1. The van der Waals surface area contributed by atoms with Crippen LogP contribution in [0.2, 0.25) is 0 Å². The first-order valence-electron chi connectivity index (χ1n) is 5.67. The summed E-state index contributed by atoms with van der Waals surface area (Å²) in [6, 6.07) is 2.79. The lowest BCUT2D eigenvalue weighted by molar-refractivity contribution is -0.384. The van der Waals surface area contributed by atoms with Gasteiger partial charge in [0.2, 0.25) is 5.82 Å². The minimum atomic E-state index is -0.467. The number of nitrogens with two attached hydrogens (primary N) is 1. The Labute approximate surface area is 105 Å².